The number of rotatable bonds is 2. The lowest BCUT2D eigenvalue weighted by molar-refractivity contribution is 0.113. The minimum Gasteiger partial charge on any atom is -0.430 e. The first-order chi connectivity index (χ1) is 6.66. The highest BCUT2D eigenvalue weighted by atomic mass is 16.8. The Bertz CT molecular complexity index is 337. The van der Waals surface area contributed by atoms with Gasteiger partial charge in [-0.25, -0.2) is 4.79 Å². The van der Waals surface area contributed by atoms with Gasteiger partial charge < -0.3 is 14.0 Å². The molecule has 0 unspecified atom stereocenters. The number of carbonyl (C=O) groups is 1. The van der Waals surface area contributed by atoms with Crippen LogP contribution in [0.5, 0.6) is 0 Å². The van der Waals surface area contributed by atoms with Crippen molar-refractivity contribution in [2.75, 3.05) is 6.61 Å². The zero-order chi connectivity index (χ0) is 10.1. The highest BCUT2D eigenvalue weighted by Gasteiger charge is 2.25. The van der Waals surface area contributed by atoms with Gasteiger partial charge in [-0.05, 0) is 26.0 Å². The van der Waals surface area contributed by atoms with E-state index in [9.17, 15) is 4.79 Å². The summed E-state index contributed by atoms with van der Waals surface area (Å²) in [6.07, 6.45) is -0.704. The van der Waals surface area contributed by atoms with Crippen LogP contribution in [0.25, 0.3) is 0 Å². The summed E-state index contributed by atoms with van der Waals surface area (Å²) in [7, 11) is 0. The SMILES string of the molecule is Cc1ccc(C)n1C[C@@H]1COC(=O)O1. The molecule has 1 saturated heterocycles. The van der Waals surface area contributed by atoms with Gasteiger partial charge in [0.1, 0.15) is 6.61 Å². The third-order valence-corrected chi connectivity index (χ3v) is 2.45. The molecule has 1 aromatic rings. The molecule has 0 spiro atoms. The van der Waals surface area contributed by atoms with Gasteiger partial charge in [-0.15, -0.1) is 0 Å². The van der Waals surface area contributed by atoms with Crippen molar-refractivity contribution >= 4 is 6.16 Å². The number of aromatic nitrogens is 1. The third-order valence-electron chi connectivity index (χ3n) is 2.45. The van der Waals surface area contributed by atoms with Crippen LogP contribution in [-0.2, 0) is 16.0 Å². The predicted octanol–water partition coefficient (Wildman–Crippen LogP) is 1.64. The van der Waals surface area contributed by atoms with E-state index in [1.165, 1.54) is 11.4 Å². The Hall–Kier alpha value is -1.45. The lowest BCUT2D eigenvalue weighted by atomic mass is 10.3. The molecule has 1 aromatic heterocycles. The van der Waals surface area contributed by atoms with Gasteiger partial charge in [-0.1, -0.05) is 0 Å². The standard InChI is InChI=1S/C10H13NO3/c1-7-3-4-8(2)11(7)5-9-6-13-10(12)14-9/h3-4,9H,5-6H2,1-2H3/t9-/m1/s1. The second-order valence-corrected chi connectivity index (χ2v) is 3.53. The Kier molecular flexibility index (Phi) is 2.19. The maximum absolute atomic E-state index is 10.7. The highest BCUT2D eigenvalue weighted by Crippen LogP contribution is 2.13. The average Bonchev–Trinajstić information content (AvgIpc) is 2.67. The molecule has 1 fully saturated rings. The summed E-state index contributed by atoms with van der Waals surface area (Å²) in [6, 6.07) is 4.10. The lowest BCUT2D eigenvalue weighted by Gasteiger charge is -2.11. The van der Waals surface area contributed by atoms with Crippen molar-refractivity contribution in [2.45, 2.75) is 26.5 Å². The molecule has 76 valence electrons. The van der Waals surface area contributed by atoms with E-state index in [0.29, 0.717) is 13.2 Å². The van der Waals surface area contributed by atoms with Crippen molar-refractivity contribution in [1.82, 2.24) is 4.57 Å². The number of aryl methyl sites for hydroxylation is 2. The fourth-order valence-electron chi connectivity index (χ4n) is 1.65. The molecule has 4 heteroatoms. The van der Waals surface area contributed by atoms with E-state index in [0.717, 1.165) is 0 Å². The predicted molar refractivity (Wildman–Crippen MR) is 50.1 cm³/mol. The number of hydrogen-bond acceptors (Lipinski definition) is 3. The molecule has 14 heavy (non-hydrogen) atoms. The summed E-state index contributed by atoms with van der Waals surface area (Å²) >= 11 is 0. The molecule has 2 heterocycles. The van der Waals surface area contributed by atoms with Gasteiger partial charge in [0, 0.05) is 11.4 Å². The molecule has 0 aliphatic carbocycles. The van der Waals surface area contributed by atoms with Crippen molar-refractivity contribution in [3.8, 4) is 0 Å². The number of nitrogens with zero attached hydrogens (tertiary/aromatic N) is 1. The molecule has 0 amide bonds. The normalized spacial score (nSPS) is 20.7. The van der Waals surface area contributed by atoms with Crippen molar-refractivity contribution in [3.63, 3.8) is 0 Å². The third kappa shape index (κ3) is 1.60. The highest BCUT2D eigenvalue weighted by molar-refractivity contribution is 5.61. The summed E-state index contributed by atoms with van der Waals surface area (Å²) in [5.74, 6) is 0. The zero-order valence-corrected chi connectivity index (χ0v) is 8.32. The van der Waals surface area contributed by atoms with Gasteiger partial charge in [0.25, 0.3) is 0 Å². The first-order valence-corrected chi connectivity index (χ1v) is 4.63. The summed E-state index contributed by atoms with van der Waals surface area (Å²) in [6.45, 7) is 5.10. The van der Waals surface area contributed by atoms with Crippen LogP contribution in [0.1, 0.15) is 11.4 Å². The van der Waals surface area contributed by atoms with Gasteiger partial charge in [0.15, 0.2) is 6.10 Å². The van der Waals surface area contributed by atoms with Crippen LogP contribution < -0.4 is 0 Å². The molecule has 0 aromatic carbocycles. The maximum Gasteiger partial charge on any atom is 0.508 e. The quantitative estimate of drug-likeness (QED) is 0.673. The molecule has 1 aliphatic rings. The molecule has 0 bridgehead atoms. The van der Waals surface area contributed by atoms with Crippen LogP contribution >= 0.6 is 0 Å². The van der Waals surface area contributed by atoms with Crippen molar-refractivity contribution in [2.24, 2.45) is 0 Å². The smallest absolute Gasteiger partial charge is 0.430 e. The van der Waals surface area contributed by atoms with E-state index < -0.39 is 6.16 Å². The van der Waals surface area contributed by atoms with Gasteiger partial charge >= 0.3 is 6.16 Å². The van der Waals surface area contributed by atoms with E-state index in [4.69, 9.17) is 9.47 Å². The van der Waals surface area contributed by atoms with Crippen LogP contribution in [0.4, 0.5) is 4.79 Å². The van der Waals surface area contributed by atoms with Crippen molar-refractivity contribution in [1.29, 1.82) is 0 Å². The Morgan fingerprint density at radius 1 is 1.43 bits per heavy atom. The number of ether oxygens (including phenoxy) is 2. The summed E-state index contributed by atoms with van der Waals surface area (Å²) in [5.41, 5.74) is 2.34. The molecule has 0 saturated carbocycles. The van der Waals surface area contributed by atoms with E-state index in [-0.39, 0.29) is 6.10 Å². The summed E-state index contributed by atoms with van der Waals surface area (Å²) < 4.78 is 11.8. The van der Waals surface area contributed by atoms with Crippen LogP contribution in [0, 0.1) is 13.8 Å². The zero-order valence-electron chi connectivity index (χ0n) is 8.32. The largest absolute Gasteiger partial charge is 0.508 e. The second-order valence-electron chi connectivity index (χ2n) is 3.53. The molecule has 1 atom stereocenters. The Balaban J connectivity index is 2.07. The minimum atomic E-state index is -0.558. The van der Waals surface area contributed by atoms with Crippen LogP contribution in [0.2, 0.25) is 0 Å². The van der Waals surface area contributed by atoms with Crippen LogP contribution in [0.15, 0.2) is 12.1 Å². The molecular weight excluding hydrogens is 182 g/mol. The summed E-state index contributed by atoms with van der Waals surface area (Å²) in [5, 5.41) is 0. The fraction of sp³-hybridized carbons (Fsp3) is 0.500. The molecule has 4 nitrogen and oxygen atoms in total. The summed E-state index contributed by atoms with van der Waals surface area (Å²) in [4.78, 5) is 10.7. The number of carbonyl (C=O) groups excluding carboxylic acids is 1. The maximum atomic E-state index is 10.7. The van der Waals surface area contributed by atoms with E-state index >= 15 is 0 Å². The fourth-order valence-corrected chi connectivity index (χ4v) is 1.65. The minimum absolute atomic E-state index is 0.146. The van der Waals surface area contributed by atoms with E-state index in [2.05, 4.69) is 4.57 Å². The molecule has 0 N–H and O–H groups in total. The van der Waals surface area contributed by atoms with Crippen LogP contribution in [0.3, 0.4) is 0 Å². The first kappa shape index (κ1) is 9.12. The van der Waals surface area contributed by atoms with Crippen molar-refractivity contribution < 1.29 is 14.3 Å². The second kappa shape index (κ2) is 3.36. The van der Waals surface area contributed by atoms with E-state index in [1.807, 2.05) is 26.0 Å². The van der Waals surface area contributed by atoms with Gasteiger partial charge in [0.05, 0.1) is 6.54 Å². The monoisotopic (exact) mass is 195 g/mol. The average molecular weight is 195 g/mol. The van der Waals surface area contributed by atoms with Crippen LogP contribution in [-0.4, -0.2) is 23.4 Å². The Morgan fingerprint density at radius 3 is 2.57 bits per heavy atom. The molecule has 1 aliphatic heterocycles. The molecular formula is C10H13NO3. The number of hydrogen-bond donors (Lipinski definition) is 0. The van der Waals surface area contributed by atoms with Gasteiger partial charge in [0.2, 0.25) is 0 Å². The van der Waals surface area contributed by atoms with Crippen molar-refractivity contribution in [3.05, 3.63) is 23.5 Å². The Labute approximate surface area is 82.4 Å². The Morgan fingerprint density at radius 2 is 2.07 bits per heavy atom. The van der Waals surface area contributed by atoms with E-state index in [1.54, 1.807) is 0 Å². The lowest BCUT2D eigenvalue weighted by Crippen LogP contribution is -2.19. The first-order valence-electron chi connectivity index (χ1n) is 4.63. The molecule has 0 radical (unpaired) electrons. The topological polar surface area (TPSA) is 40.5 Å². The number of cyclic esters (lactones) is 2. The van der Waals surface area contributed by atoms with Gasteiger partial charge in [-0.3, -0.25) is 0 Å². The molecule has 2 rings (SSSR count). The van der Waals surface area contributed by atoms with Gasteiger partial charge in [-0.2, -0.15) is 0 Å².